The Morgan fingerprint density at radius 1 is 1.35 bits per heavy atom. The molecule has 1 rings (SSSR count). The molecule has 3 nitrogen and oxygen atoms in total. The fourth-order valence-corrected chi connectivity index (χ4v) is 2.31. The first-order chi connectivity index (χ1) is 8.07. The van der Waals surface area contributed by atoms with Crippen LogP contribution >= 0.6 is 11.6 Å². The Morgan fingerprint density at radius 2 is 2.06 bits per heavy atom. The normalized spacial score (nSPS) is 13.3. The van der Waals surface area contributed by atoms with Crippen LogP contribution in [0.3, 0.4) is 0 Å². The molecule has 0 aliphatic rings. The third-order valence-corrected chi connectivity index (χ3v) is 3.29. The molecule has 98 valence electrons. The summed E-state index contributed by atoms with van der Waals surface area (Å²) in [5, 5.41) is 4.98. The molecule has 17 heavy (non-hydrogen) atoms. The van der Waals surface area contributed by atoms with Crippen LogP contribution in [0.25, 0.3) is 0 Å². The molecular formula is C13H24ClN3. The summed E-state index contributed by atoms with van der Waals surface area (Å²) in [6.45, 7) is 6.40. The molecule has 2 N–H and O–H groups in total. The largest absolute Gasteiger partial charge is 0.323 e. The van der Waals surface area contributed by atoms with E-state index in [0.717, 1.165) is 18.5 Å². The van der Waals surface area contributed by atoms with Gasteiger partial charge >= 0.3 is 0 Å². The van der Waals surface area contributed by atoms with E-state index in [1.54, 1.807) is 6.20 Å². The van der Waals surface area contributed by atoms with Gasteiger partial charge in [-0.15, -0.1) is 0 Å². The minimum atomic E-state index is 0.00394. The maximum Gasteiger partial charge on any atom is 0.0834 e. The molecule has 0 saturated carbocycles. The highest BCUT2D eigenvalue weighted by atomic mass is 35.5. The van der Waals surface area contributed by atoms with Crippen LogP contribution < -0.4 is 5.73 Å². The zero-order chi connectivity index (χ0) is 12.8. The van der Waals surface area contributed by atoms with Gasteiger partial charge in [-0.3, -0.25) is 4.68 Å². The quantitative estimate of drug-likeness (QED) is 0.748. The van der Waals surface area contributed by atoms with Crippen LogP contribution in [0.15, 0.2) is 6.20 Å². The average molecular weight is 258 g/mol. The number of unbranched alkanes of at least 4 members (excludes halogenated alkanes) is 3. The second-order valence-electron chi connectivity index (χ2n) is 4.87. The molecule has 4 heteroatoms. The lowest BCUT2D eigenvalue weighted by Crippen LogP contribution is -2.18. The van der Waals surface area contributed by atoms with Gasteiger partial charge < -0.3 is 5.73 Å². The molecule has 0 aromatic carbocycles. The first-order valence-electron chi connectivity index (χ1n) is 6.56. The van der Waals surface area contributed by atoms with E-state index in [1.165, 1.54) is 19.3 Å². The first kappa shape index (κ1) is 14.5. The zero-order valence-electron chi connectivity index (χ0n) is 11.1. The van der Waals surface area contributed by atoms with E-state index in [2.05, 4.69) is 25.9 Å². The fraction of sp³-hybridized carbons (Fsp3) is 0.769. The molecule has 0 aliphatic carbocycles. The summed E-state index contributed by atoms with van der Waals surface area (Å²) < 4.78 is 1.94. The smallest absolute Gasteiger partial charge is 0.0834 e. The maximum atomic E-state index is 6.22. The Bertz CT molecular complexity index is 333. The van der Waals surface area contributed by atoms with E-state index >= 15 is 0 Å². The van der Waals surface area contributed by atoms with Gasteiger partial charge in [0.05, 0.1) is 16.9 Å². The second-order valence-corrected chi connectivity index (χ2v) is 5.28. The lowest BCUT2D eigenvalue weighted by atomic mass is 10.1. The summed E-state index contributed by atoms with van der Waals surface area (Å²) in [5.74, 6) is 0. The van der Waals surface area contributed by atoms with Crippen LogP contribution in [-0.2, 0) is 0 Å². The molecule has 0 fully saturated rings. The van der Waals surface area contributed by atoms with Gasteiger partial charge in [-0.05, 0) is 20.3 Å². The Hall–Kier alpha value is -0.540. The van der Waals surface area contributed by atoms with Gasteiger partial charge in [-0.1, -0.05) is 44.2 Å². The van der Waals surface area contributed by atoms with Crippen molar-refractivity contribution in [3.63, 3.8) is 0 Å². The van der Waals surface area contributed by atoms with Gasteiger partial charge in [0.25, 0.3) is 0 Å². The molecule has 0 bridgehead atoms. The van der Waals surface area contributed by atoms with Gasteiger partial charge in [0, 0.05) is 12.1 Å². The van der Waals surface area contributed by atoms with Gasteiger partial charge in [-0.25, -0.2) is 0 Å². The van der Waals surface area contributed by atoms with Crippen LogP contribution in [0.2, 0.25) is 5.02 Å². The minimum absolute atomic E-state index is 0.00394. The molecule has 1 unspecified atom stereocenters. The molecule has 1 heterocycles. The monoisotopic (exact) mass is 257 g/mol. The topological polar surface area (TPSA) is 43.8 Å². The molecule has 1 aromatic heterocycles. The van der Waals surface area contributed by atoms with Gasteiger partial charge in [0.1, 0.15) is 0 Å². The van der Waals surface area contributed by atoms with Gasteiger partial charge in [0.2, 0.25) is 0 Å². The van der Waals surface area contributed by atoms with Crippen molar-refractivity contribution in [2.45, 2.75) is 65.0 Å². The first-order valence-corrected chi connectivity index (χ1v) is 6.94. The predicted molar refractivity (Wildman–Crippen MR) is 73.3 cm³/mol. The molecule has 0 amide bonds. The number of hydrogen-bond acceptors (Lipinski definition) is 2. The fourth-order valence-electron chi connectivity index (χ4n) is 2.04. The molecule has 0 radical (unpaired) electrons. The molecule has 0 saturated heterocycles. The van der Waals surface area contributed by atoms with Crippen molar-refractivity contribution in [1.82, 2.24) is 9.78 Å². The van der Waals surface area contributed by atoms with E-state index < -0.39 is 0 Å². The molecule has 0 aliphatic heterocycles. The van der Waals surface area contributed by atoms with E-state index in [0.29, 0.717) is 11.1 Å². The van der Waals surface area contributed by atoms with Crippen LogP contribution in [0.4, 0.5) is 0 Å². The molecular weight excluding hydrogens is 234 g/mol. The Balaban J connectivity index is 2.61. The number of aromatic nitrogens is 2. The number of hydrogen-bond donors (Lipinski definition) is 1. The number of nitrogens with zero attached hydrogens (tertiary/aromatic N) is 2. The maximum absolute atomic E-state index is 6.22. The van der Waals surface area contributed by atoms with Crippen LogP contribution in [0, 0.1) is 0 Å². The SMILES string of the molecule is CCCCCCC(N)c1c(Cl)cnn1C(C)C. The van der Waals surface area contributed by atoms with E-state index in [-0.39, 0.29) is 6.04 Å². The Kier molecular flexibility index (Phi) is 6.00. The highest BCUT2D eigenvalue weighted by Gasteiger charge is 2.17. The van der Waals surface area contributed by atoms with Crippen molar-refractivity contribution in [2.75, 3.05) is 0 Å². The van der Waals surface area contributed by atoms with Crippen molar-refractivity contribution < 1.29 is 0 Å². The third kappa shape index (κ3) is 4.00. The number of rotatable bonds is 7. The standard InChI is InChI=1S/C13H24ClN3/c1-4-5-6-7-8-12(15)13-11(14)9-16-17(13)10(2)3/h9-10,12H,4-8,15H2,1-3H3. The second kappa shape index (κ2) is 7.02. The third-order valence-electron chi connectivity index (χ3n) is 3.00. The van der Waals surface area contributed by atoms with Crippen molar-refractivity contribution in [3.8, 4) is 0 Å². The Morgan fingerprint density at radius 3 is 2.65 bits per heavy atom. The summed E-state index contributed by atoms with van der Waals surface area (Å²) in [7, 11) is 0. The summed E-state index contributed by atoms with van der Waals surface area (Å²) in [5.41, 5.74) is 7.20. The highest BCUT2D eigenvalue weighted by molar-refractivity contribution is 6.31. The van der Waals surface area contributed by atoms with Crippen molar-refractivity contribution >= 4 is 11.6 Å². The average Bonchev–Trinajstić information content (AvgIpc) is 2.66. The van der Waals surface area contributed by atoms with E-state index in [4.69, 9.17) is 17.3 Å². The summed E-state index contributed by atoms with van der Waals surface area (Å²) in [6, 6.07) is 0.309. The summed E-state index contributed by atoms with van der Waals surface area (Å²) in [6.07, 6.45) is 7.62. The molecule has 1 atom stereocenters. The zero-order valence-corrected chi connectivity index (χ0v) is 11.9. The van der Waals surface area contributed by atoms with E-state index in [9.17, 15) is 0 Å². The van der Waals surface area contributed by atoms with Crippen LogP contribution in [0.5, 0.6) is 0 Å². The highest BCUT2D eigenvalue weighted by Crippen LogP contribution is 2.27. The van der Waals surface area contributed by atoms with Crippen molar-refractivity contribution in [1.29, 1.82) is 0 Å². The van der Waals surface area contributed by atoms with Crippen LogP contribution in [0.1, 0.15) is 70.7 Å². The lowest BCUT2D eigenvalue weighted by molar-refractivity contribution is 0.466. The summed E-state index contributed by atoms with van der Waals surface area (Å²) >= 11 is 6.16. The molecule has 0 spiro atoms. The predicted octanol–water partition coefficient (Wildman–Crippen LogP) is 4.09. The van der Waals surface area contributed by atoms with Crippen molar-refractivity contribution in [2.24, 2.45) is 5.73 Å². The van der Waals surface area contributed by atoms with Gasteiger partial charge in [0.15, 0.2) is 0 Å². The minimum Gasteiger partial charge on any atom is -0.323 e. The number of halogens is 1. The number of nitrogens with two attached hydrogens (primary N) is 1. The van der Waals surface area contributed by atoms with E-state index in [1.807, 2.05) is 4.68 Å². The molecule has 1 aromatic rings. The van der Waals surface area contributed by atoms with Crippen LogP contribution in [-0.4, -0.2) is 9.78 Å². The van der Waals surface area contributed by atoms with Gasteiger partial charge in [-0.2, -0.15) is 5.10 Å². The summed E-state index contributed by atoms with van der Waals surface area (Å²) in [4.78, 5) is 0. The lowest BCUT2D eigenvalue weighted by Gasteiger charge is -2.17. The Labute approximate surface area is 109 Å². The van der Waals surface area contributed by atoms with Crippen molar-refractivity contribution in [3.05, 3.63) is 16.9 Å².